The summed E-state index contributed by atoms with van der Waals surface area (Å²) in [6.45, 7) is 6.79. The monoisotopic (exact) mass is 282 g/mol. The molecule has 0 aliphatic rings. The number of carbonyl (C=O) groups is 1. The van der Waals surface area contributed by atoms with E-state index in [1.165, 1.54) is 6.92 Å². The van der Waals surface area contributed by atoms with E-state index in [4.69, 9.17) is 4.74 Å². The van der Waals surface area contributed by atoms with Gasteiger partial charge in [0.2, 0.25) is 5.92 Å². The Hall–Kier alpha value is -0.320. The van der Waals surface area contributed by atoms with E-state index in [0.29, 0.717) is 24.3 Å². The summed E-state index contributed by atoms with van der Waals surface area (Å²) in [5.74, 6) is -1.54. The normalized spacial score (nSPS) is 12.6. The SMILES string of the molecule is CCCC(F)(F)CCCSCC(C)(C)OC(C)=O. The first-order valence-electron chi connectivity index (χ1n) is 6.34. The molecule has 0 saturated carbocycles. The van der Waals surface area contributed by atoms with Crippen LogP contribution in [0, 0.1) is 0 Å². The maximum Gasteiger partial charge on any atom is 0.303 e. The van der Waals surface area contributed by atoms with Gasteiger partial charge in [0.15, 0.2) is 0 Å². The summed E-state index contributed by atoms with van der Waals surface area (Å²) in [6, 6.07) is 0. The number of hydrogen-bond donors (Lipinski definition) is 0. The first-order chi connectivity index (χ1) is 8.18. The highest BCUT2D eigenvalue weighted by molar-refractivity contribution is 7.99. The van der Waals surface area contributed by atoms with Gasteiger partial charge >= 0.3 is 5.97 Å². The second kappa shape index (κ2) is 7.97. The summed E-state index contributed by atoms with van der Waals surface area (Å²) >= 11 is 1.55. The van der Waals surface area contributed by atoms with Gasteiger partial charge in [-0.1, -0.05) is 13.3 Å². The number of hydrogen-bond acceptors (Lipinski definition) is 3. The van der Waals surface area contributed by atoms with Crippen LogP contribution in [0.1, 0.15) is 53.4 Å². The van der Waals surface area contributed by atoms with Crippen LogP contribution in [0.15, 0.2) is 0 Å². The Morgan fingerprint density at radius 1 is 1.28 bits per heavy atom. The maximum absolute atomic E-state index is 13.2. The van der Waals surface area contributed by atoms with Crippen molar-refractivity contribution in [3.63, 3.8) is 0 Å². The Labute approximate surface area is 113 Å². The van der Waals surface area contributed by atoms with Crippen molar-refractivity contribution in [3.05, 3.63) is 0 Å². The molecule has 0 rings (SSSR count). The van der Waals surface area contributed by atoms with Crippen molar-refractivity contribution in [1.29, 1.82) is 0 Å². The Morgan fingerprint density at radius 3 is 2.39 bits per heavy atom. The Morgan fingerprint density at radius 2 is 1.89 bits per heavy atom. The molecule has 0 atom stereocenters. The van der Waals surface area contributed by atoms with E-state index in [1.54, 1.807) is 18.7 Å². The third kappa shape index (κ3) is 9.68. The number of ether oxygens (including phenoxy) is 1. The molecule has 0 aromatic carbocycles. The summed E-state index contributed by atoms with van der Waals surface area (Å²) in [7, 11) is 0. The van der Waals surface area contributed by atoms with Gasteiger partial charge < -0.3 is 4.74 Å². The Kier molecular flexibility index (Phi) is 7.83. The van der Waals surface area contributed by atoms with E-state index in [2.05, 4.69) is 0 Å². The molecule has 0 N–H and O–H groups in total. The van der Waals surface area contributed by atoms with E-state index < -0.39 is 11.5 Å². The lowest BCUT2D eigenvalue weighted by Gasteiger charge is -2.24. The van der Waals surface area contributed by atoms with Crippen LogP contribution in [0.2, 0.25) is 0 Å². The Balaban J connectivity index is 3.71. The van der Waals surface area contributed by atoms with Gasteiger partial charge in [-0.2, -0.15) is 11.8 Å². The van der Waals surface area contributed by atoms with Crippen molar-refractivity contribution < 1.29 is 18.3 Å². The first kappa shape index (κ1) is 17.7. The molecule has 0 aromatic heterocycles. The number of thioether (sulfide) groups is 1. The van der Waals surface area contributed by atoms with Crippen molar-refractivity contribution in [2.75, 3.05) is 11.5 Å². The highest BCUT2D eigenvalue weighted by atomic mass is 32.2. The maximum atomic E-state index is 13.2. The largest absolute Gasteiger partial charge is 0.459 e. The highest BCUT2D eigenvalue weighted by Gasteiger charge is 2.27. The number of alkyl halides is 2. The molecule has 5 heteroatoms. The third-order valence-corrected chi connectivity index (χ3v) is 3.79. The lowest BCUT2D eigenvalue weighted by Crippen LogP contribution is -2.29. The standard InChI is InChI=1S/C13H24F2O2S/c1-5-7-13(14,15)8-6-9-18-10-12(3,4)17-11(2)16/h5-10H2,1-4H3. The van der Waals surface area contributed by atoms with Crippen molar-refractivity contribution in [2.45, 2.75) is 64.9 Å². The van der Waals surface area contributed by atoms with Crippen LogP contribution in [0.5, 0.6) is 0 Å². The summed E-state index contributed by atoms with van der Waals surface area (Å²) in [5, 5.41) is 0. The van der Waals surface area contributed by atoms with Crippen LogP contribution in [0.4, 0.5) is 8.78 Å². The van der Waals surface area contributed by atoms with Crippen LogP contribution in [0.3, 0.4) is 0 Å². The van der Waals surface area contributed by atoms with E-state index in [-0.39, 0.29) is 18.8 Å². The topological polar surface area (TPSA) is 26.3 Å². The van der Waals surface area contributed by atoms with Gasteiger partial charge in [-0.25, -0.2) is 8.78 Å². The van der Waals surface area contributed by atoms with Crippen LogP contribution in [-0.2, 0) is 9.53 Å². The second-order valence-electron chi connectivity index (χ2n) is 5.12. The van der Waals surface area contributed by atoms with E-state index in [1.807, 2.05) is 13.8 Å². The first-order valence-corrected chi connectivity index (χ1v) is 7.49. The molecule has 0 radical (unpaired) electrons. The van der Waals surface area contributed by atoms with Crippen LogP contribution >= 0.6 is 11.8 Å². The minimum absolute atomic E-state index is 0.0311. The summed E-state index contributed by atoms with van der Waals surface area (Å²) in [6.07, 6.45) is 0.923. The molecule has 0 heterocycles. The van der Waals surface area contributed by atoms with Crippen molar-refractivity contribution in [3.8, 4) is 0 Å². The number of esters is 1. The van der Waals surface area contributed by atoms with E-state index in [9.17, 15) is 13.6 Å². The van der Waals surface area contributed by atoms with E-state index >= 15 is 0 Å². The molecule has 0 unspecified atom stereocenters. The molecule has 0 aliphatic heterocycles. The highest BCUT2D eigenvalue weighted by Crippen LogP contribution is 2.27. The molecule has 0 bridgehead atoms. The predicted octanol–water partition coefficient (Wildman–Crippen LogP) is 4.28. The molecular formula is C13H24F2O2S. The number of halogens is 2. The van der Waals surface area contributed by atoms with Crippen LogP contribution in [-0.4, -0.2) is 29.0 Å². The van der Waals surface area contributed by atoms with Gasteiger partial charge in [-0.05, 0) is 26.0 Å². The van der Waals surface area contributed by atoms with Crippen molar-refractivity contribution >= 4 is 17.7 Å². The molecular weight excluding hydrogens is 258 g/mol. The average molecular weight is 282 g/mol. The molecule has 0 saturated heterocycles. The molecule has 0 amide bonds. The number of rotatable bonds is 9. The summed E-state index contributed by atoms with van der Waals surface area (Å²) in [4.78, 5) is 10.8. The van der Waals surface area contributed by atoms with Gasteiger partial charge in [0, 0.05) is 25.5 Å². The molecule has 0 aliphatic carbocycles. The minimum Gasteiger partial charge on any atom is -0.459 e. The van der Waals surface area contributed by atoms with E-state index in [0.717, 1.165) is 0 Å². The quantitative estimate of drug-likeness (QED) is 0.466. The molecule has 0 fully saturated rings. The second-order valence-corrected chi connectivity index (χ2v) is 6.22. The minimum atomic E-state index is -2.53. The fraction of sp³-hybridized carbons (Fsp3) is 0.923. The zero-order valence-corrected chi connectivity index (χ0v) is 12.5. The van der Waals surface area contributed by atoms with Gasteiger partial charge in [0.25, 0.3) is 0 Å². The molecule has 108 valence electrons. The fourth-order valence-corrected chi connectivity index (χ4v) is 2.70. The number of carbonyl (C=O) groups excluding carboxylic acids is 1. The molecule has 18 heavy (non-hydrogen) atoms. The van der Waals surface area contributed by atoms with Gasteiger partial charge in [-0.15, -0.1) is 0 Å². The Bertz CT molecular complexity index is 255. The zero-order chi connectivity index (χ0) is 14.2. The zero-order valence-electron chi connectivity index (χ0n) is 11.7. The lowest BCUT2D eigenvalue weighted by atomic mass is 10.1. The van der Waals surface area contributed by atoms with Gasteiger partial charge in [0.1, 0.15) is 5.60 Å². The fourth-order valence-electron chi connectivity index (χ4n) is 1.66. The summed E-state index contributed by atoms with van der Waals surface area (Å²) < 4.78 is 31.5. The summed E-state index contributed by atoms with van der Waals surface area (Å²) in [5.41, 5.74) is -0.525. The van der Waals surface area contributed by atoms with Gasteiger partial charge in [0.05, 0.1) is 0 Å². The van der Waals surface area contributed by atoms with Crippen molar-refractivity contribution in [2.24, 2.45) is 0 Å². The molecule has 2 nitrogen and oxygen atoms in total. The molecule has 0 aromatic rings. The van der Waals surface area contributed by atoms with Crippen molar-refractivity contribution in [1.82, 2.24) is 0 Å². The average Bonchev–Trinajstić information content (AvgIpc) is 2.14. The van der Waals surface area contributed by atoms with Gasteiger partial charge in [-0.3, -0.25) is 4.79 Å². The smallest absolute Gasteiger partial charge is 0.303 e. The van der Waals surface area contributed by atoms with Crippen LogP contribution < -0.4 is 0 Å². The lowest BCUT2D eigenvalue weighted by molar-refractivity contribution is -0.151. The predicted molar refractivity (Wildman–Crippen MR) is 72.3 cm³/mol. The molecule has 0 spiro atoms. The third-order valence-electron chi connectivity index (χ3n) is 2.32. The van der Waals surface area contributed by atoms with Crippen LogP contribution in [0.25, 0.3) is 0 Å².